The van der Waals surface area contributed by atoms with Crippen LogP contribution in [0, 0.1) is 0 Å². The molecule has 0 bridgehead atoms. The van der Waals surface area contributed by atoms with Gasteiger partial charge in [0.1, 0.15) is 0 Å². The third-order valence-electron chi connectivity index (χ3n) is 3.21. The number of rotatable bonds is 3. The van der Waals surface area contributed by atoms with E-state index < -0.39 is 0 Å². The van der Waals surface area contributed by atoms with Gasteiger partial charge in [0.25, 0.3) is 0 Å². The lowest BCUT2D eigenvalue weighted by atomic mass is 10.2. The van der Waals surface area contributed by atoms with Crippen molar-refractivity contribution in [3.05, 3.63) is 64.3 Å². The number of hydrogen-bond acceptors (Lipinski definition) is 2. The molecule has 4 heteroatoms. The SMILES string of the molecule is NCc1nn(Cc2ccccc2Br)c2ccccc12. The van der Waals surface area contributed by atoms with Crippen LogP contribution in [0.4, 0.5) is 0 Å². The van der Waals surface area contributed by atoms with E-state index in [1.54, 1.807) is 0 Å². The molecule has 1 aromatic heterocycles. The monoisotopic (exact) mass is 315 g/mol. The molecule has 1 heterocycles. The highest BCUT2D eigenvalue weighted by Gasteiger charge is 2.09. The van der Waals surface area contributed by atoms with E-state index in [9.17, 15) is 0 Å². The van der Waals surface area contributed by atoms with E-state index in [1.807, 2.05) is 35.0 Å². The van der Waals surface area contributed by atoms with Gasteiger partial charge >= 0.3 is 0 Å². The van der Waals surface area contributed by atoms with Crippen molar-refractivity contribution >= 4 is 26.8 Å². The molecule has 2 N–H and O–H groups in total. The Morgan fingerprint density at radius 2 is 1.79 bits per heavy atom. The van der Waals surface area contributed by atoms with E-state index in [4.69, 9.17) is 5.73 Å². The number of aromatic nitrogens is 2. The van der Waals surface area contributed by atoms with Gasteiger partial charge in [-0.05, 0) is 17.7 Å². The van der Waals surface area contributed by atoms with Gasteiger partial charge in [-0.15, -0.1) is 0 Å². The molecule has 0 radical (unpaired) electrons. The smallest absolute Gasteiger partial charge is 0.0839 e. The van der Waals surface area contributed by atoms with Crippen LogP contribution in [0.1, 0.15) is 11.3 Å². The Morgan fingerprint density at radius 1 is 1.05 bits per heavy atom. The highest BCUT2D eigenvalue weighted by Crippen LogP contribution is 2.22. The maximum atomic E-state index is 5.77. The van der Waals surface area contributed by atoms with Crippen LogP contribution in [0.2, 0.25) is 0 Å². The molecule has 0 amide bonds. The average molecular weight is 316 g/mol. The van der Waals surface area contributed by atoms with E-state index in [0.717, 1.165) is 27.6 Å². The Hall–Kier alpha value is -1.65. The Balaban J connectivity index is 2.09. The van der Waals surface area contributed by atoms with E-state index in [0.29, 0.717) is 6.54 Å². The van der Waals surface area contributed by atoms with E-state index in [-0.39, 0.29) is 0 Å². The number of para-hydroxylation sites is 1. The molecule has 0 aliphatic carbocycles. The Morgan fingerprint density at radius 3 is 2.58 bits per heavy atom. The summed E-state index contributed by atoms with van der Waals surface area (Å²) in [5, 5.41) is 5.75. The molecule has 0 fully saturated rings. The minimum Gasteiger partial charge on any atom is -0.325 e. The fourth-order valence-corrected chi connectivity index (χ4v) is 2.67. The molecule has 19 heavy (non-hydrogen) atoms. The summed E-state index contributed by atoms with van der Waals surface area (Å²) < 4.78 is 3.11. The predicted molar refractivity (Wildman–Crippen MR) is 80.9 cm³/mol. The molecule has 0 aliphatic heterocycles. The molecule has 0 saturated heterocycles. The minimum atomic E-state index is 0.462. The first-order valence-corrected chi connectivity index (χ1v) is 6.97. The second kappa shape index (κ2) is 5.15. The fourth-order valence-electron chi connectivity index (χ4n) is 2.26. The van der Waals surface area contributed by atoms with Gasteiger partial charge in [0.2, 0.25) is 0 Å². The topological polar surface area (TPSA) is 43.8 Å². The lowest BCUT2D eigenvalue weighted by molar-refractivity contribution is 0.692. The summed E-state index contributed by atoms with van der Waals surface area (Å²) in [6.07, 6.45) is 0. The Labute approximate surface area is 120 Å². The average Bonchev–Trinajstić information content (AvgIpc) is 2.80. The molecular formula is C15H14BrN3. The molecular weight excluding hydrogens is 302 g/mol. The largest absolute Gasteiger partial charge is 0.325 e. The number of benzene rings is 2. The van der Waals surface area contributed by atoms with Gasteiger partial charge in [0.05, 0.1) is 17.8 Å². The van der Waals surface area contributed by atoms with Crippen molar-refractivity contribution in [3.8, 4) is 0 Å². The zero-order valence-electron chi connectivity index (χ0n) is 10.4. The quantitative estimate of drug-likeness (QED) is 0.806. The van der Waals surface area contributed by atoms with Crippen LogP contribution in [-0.2, 0) is 13.1 Å². The molecule has 2 aromatic carbocycles. The van der Waals surface area contributed by atoms with Crippen LogP contribution in [0.3, 0.4) is 0 Å². The molecule has 3 aromatic rings. The zero-order chi connectivity index (χ0) is 13.2. The van der Waals surface area contributed by atoms with Gasteiger partial charge in [-0.2, -0.15) is 5.10 Å². The van der Waals surface area contributed by atoms with Crippen molar-refractivity contribution in [2.45, 2.75) is 13.1 Å². The molecule has 0 saturated carbocycles. The molecule has 3 rings (SSSR count). The van der Waals surface area contributed by atoms with Crippen molar-refractivity contribution in [2.75, 3.05) is 0 Å². The predicted octanol–water partition coefficient (Wildman–Crippen LogP) is 3.31. The normalized spacial score (nSPS) is 11.1. The lowest BCUT2D eigenvalue weighted by Gasteiger charge is -2.05. The van der Waals surface area contributed by atoms with Crippen LogP contribution in [0.25, 0.3) is 10.9 Å². The van der Waals surface area contributed by atoms with Crippen molar-refractivity contribution in [1.82, 2.24) is 9.78 Å². The van der Waals surface area contributed by atoms with Crippen LogP contribution in [0.15, 0.2) is 53.0 Å². The summed E-state index contributed by atoms with van der Waals surface area (Å²) in [5.41, 5.74) is 9.05. The lowest BCUT2D eigenvalue weighted by Crippen LogP contribution is -2.04. The second-order valence-corrected chi connectivity index (χ2v) is 5.27. The number of nitrogens with zero attached hydrogens (tertiary/aromatic N) is 2. The number of hydrogen-bond donors (Lipinski definition) is 1. The third-order valence-corrected chi connectivity index (χ3v) is 3.98. The van der Waals surface area contributed by atoms with Crippen LogP contribution < -0.4 is 5.73 Å². The maximum Gasteiger partial charge on any atom is 0.0839 e. The molecule has 0 aliphatic rings. The number of nitrogens with two attached hydrogens (primary N) is 1. The highest BCUT2D eigenvalue weighted by atomic mass is 79.9. The van der Waals surface area contributed by atoms with Crippen LogP contribution in [-0.4, -0.2) is 9.78 Å². The molecule has 0 spiro atoms. The summed E-state index contributed by atoms with van der Waals surface area (Å²) in [5.74, 6) is 0. The summed E-state index contributed by atoms with van der Waals surface area (Å²) in [4.78, 5) is 0. The Kier molecular flexibility index (Phi) is 3.36. The third kappa shape index (κ3) is 2.29. The maximum absolute atomic E-state index is 5.77. The first-order chi connectivity index (χ1) is 9.29. The van der Waals surface area contributed by atoms with Gasteiger partial charge in [0, 0.05) is 16.4 Å². The van der Waals surface area contributed by atoms with E-state index in [2.05, 4.69) is 39.2 Å². The highest BCUT2D eigenvalue weighted by molar-refractivity contribution is 9.10. The summed E-state index contributed by atoms with van der Waals surface area (Å²) >= 11 is 3.58. The molecule has 3 nitrogen and oxygen atoms in total. The fraction of sp³-hybridized carbons (Fsp3) is 0.133. The summed E-state index contributed by atoms with van der Waals surface area (Å²) in [6.45, 7) is 1.20. The van der Waals surface area contributed by atoms with Gasteiger partial charge < -0.3 is 5.73 Å². The van der Waals surface area contributed by atoms with Crippen molar-refractivity contribution < 1.29 is 0 Å². The van der Waals surface area contributed by atoms with Crippen LogP contribution >= 0.6 is 15.9 Å². The zero-order valence-corrected chi connectivity index (χ0v) is 12.0. The summed E-state index contributed by atoms with van der Waals surface area (Å²) in [6, 6.07) is 16.4. The standard InChI is InChI=1S/C15H14BrN3/c16-13-7-3-1-5-11(13)10-19-15-8-4-2-6-12(15)14(9-17)18-19/h1-8H,9-10,17H2. The van der Waals surface area contributed by atoms with E-state index >= 15 is 0 Å². The number of fused-ring (bicyclic) bond motifs is 1. The van der Waals surface area contributed by atoms with Gasteiger partial charge in [-0.25, -0.2) is 0 Å². The molecule has 0 atom stereocenters. The second-order valence-electron chi connectivity index (χ2n) is 4.42. The van der Waals surface area contributed by atoms with Gasteiger partial charge in [-0.1, -0.05) is 52.3 Å². The minimum absolute atomic E-state index is 0.462. The van der Waals surface area contributed by atoms with Gasteiger partial charge in [0.15, 0.2) is 0 Å². The first kappa shape index (κ1) is 12.4. The van der Waals surface area contributed by atoms with Crippen molar-refractivity contribution in [1.29, 1.82) is 0 Å². The van der Waals surface area contributed by atoms with Crippen molar-refractivity contribution in [2.24, 2.45) is 5.73 Å². The van der Waals surface area contributed by atoms with Gasteiger partial charge in [-0.3, -0.25) is 4.68 Å². The van der Waals surface area contributed by atoms with Crippen molar-refractivity contribution in [3.63, 3.8) is 0 Å². The van der Waals surface area contributed by atoms with E-state index in [1.165, 1.54) is 5.56 Å². The molecule has 96 valence electrons. The Bertz CT molecular complexity index is 718. The first-order valence-electron chi connectivity index (χ1n) is 6.17. The summed E-state index contributed by atoms with van der Waals surface area (Å²) in [7, 11) is 0. The number of halogens is 1. The van der Waals surface area contributed by atoms with Crippen LogP contribution in [0.5, 0.6) is 0 Å². The molecule has 0 unspecified atom stereocenters.